The zero-order valence-electron chi connectivity index (χ0n) is 6.50. The van der Waals surface area contributed by atoms with Crippen LogP contribution in [0, 0.1) is 0 Å². The van der Waals surface area contributed by atoms with E-state index in [-0.39, 0.29) is 0 Å². The molecule has 0 spiro atoms. The van der Waals surface area contributed by atoms with Gasteiger partial charge >= 0.3 is 0 Å². The molecule has 12 heavy (non-hydrogen) atoms. The van der Waals surface area contributed by atoms with Crippen LogP contribution in [-0.4, -0.2) is 7.05 Å². The van der Waals surface area contributed by atoms with Gasteiger partial charge < -0.3 is 5.32 Å². The second-order valence-electron chi connectivity index (χ2n) is 2.39. The number of benzene rings is 1. The summed E-state index contributed by atoms with van der Waals surface area (Å²) in [5, 5.41) is 4.34. The largest absolute Gasteiger partial charge is 0.316 e. The summed E-state index contributed by atoms with van der Waals surface area (Å²) in [4.78, 5) is 0. The first-order chi connectivity index (χ1) is 5.65. The third-order valence-corrected chi connectivity index (χ3v) is 3.12. The van der Waals surface area contributed by atoms with Crippen molar-refractivity contribution in [2.75, 3.05) is 7.05 Å². The molecular formula is C8H8BrCl2N. The SMILES string of the molecule is CNCc1cc(Cl)cc(Cl)c1Br. The zero-order valence-corrected chi connectivity index (χ0v) is 9.59. The second-order valence-corrected chi connectivity index (χ2v) is 4.03. The standard InChI is InChI=1S/C8H8BrCl2N/c1-12-4-5-2-6(10)3-7(11)8(5)9/h2-3,12H,4H2,1H3. The normalized spacial score (nSPS) is 10.3. The molecule has 0 amide bonds. The van der Waals surface area contributed by atoms with E-state index < -0.39 is 0 Å². The Hall–Kier alpha value is 0.240. The number of rotatable bonds is 2. The Morgan fingerprint density at radius 3 is 2.67 bits per heavy atom. The molecule has 66 valence electrons. The van der Waals surface area contributed by atoms with E-state index >= 15 is 0 Å². The van der Waals surface area contributed by atoms with Crippen molar-refractivity contribution < 1.29 is 0 Å². The van der Waals surface area contributed by atoms with Gasteiger partial charge in [-0.1, -0.05) is 23.2 Å². The van der Waals surface area contributed by atoms with Crippen molar-refractivity contribution in [1.29, 1.82) is 0 Å². The van der Waals surface area contributed by atoms with Crippen LogP contribution < -0.4 is 5.32 Å². The van der Waals surface area contributed by atoms with Crippen LogP contribution in [0.3, 0.4) is 0 Å². The second kappa shape index (κ2) is 4.47. The molecule has 0 aliphatic rings. The minimum atomic E-state index is 0.646. The van der Waals surface area contributed by atoms with E-state index in [1.807, 2.05) is 13.1 Å². The van der Waals surface area contributed by atoms with Crippen LogP contribution in [0.5, 0.6) is 0 Å². The highest BCUT2D eigenvalue weighted by atomic mass is 79.9. The molecule has 0 atom stereocenters. The average molecular weight is 269 g/mol. The van der Waals surface area contributed by atoms with Crippen LogP contribution in [0.15, 0.2) is 16.6 Å². The summed E-state index contributed by atoms with van der Waals surface area (Å²) in [5.41, 5.74) is 1.06. The van der Waals surface area contributed by atoms with Crippen LogP contribution in [-0.2, 0) is 6.54 Å². The van der Waals surface area contributed by atoms with Crippen molar-refractivity contribution in [2.24, 2.45) is 0 Å². The van der Waals surface area contributed by atoms with Gasteiger partial charge in [-0.2, -0.15) is 0 Å². The molecular weight excluding hydrogens is 261 g/mol. The van der Waals surface area contributed by atoms with E-state index in [4.69, 9.17) is 23.2 Å². The predicted molar refractivity (Wildman–Crippen MR) is 56.9 cm³/mol. The summed E-state index contributed by atoms with van der Waals surface area (Å²) < 4.78 is 0.905. The summed E-state index contributed by atoms with van der Waals surface area (Å²) in [6.07, 6.45) is 0. The van der Waals surface area contributed by atoms with E-state index in [1.54, 1.807) is 6.07 Å². The van der Waals surface area contributed by atoms with Crippen LogP contribution in [0.2, 0.25) is 10.0 Å². The van der Waals surface area contributed by atoms with Gasteiger partial charge in [-0.25, -0.2) is 0 Å². The lowest BCUT2D eigenvalue weighted by Gasteiger charge is -2.05. The van der Waals surface area contributed by atoms with E-state index in [2.05, 4.69) is 21.2 Å². The highest BCUT2D eigenvalue weighted by Gasteiger charge is 2.04. The molecule has 1 rings (SSSR count). The minimum Gasteiger partial charge on any atom is -0.316 e. The Bertz CT molecular complexity index is 289. The van der Waals surface area contributed by atoms with Crippen LogP contribution in [0.25, 0.3) is 0 Å². The fraction of sp³-hybridized carbons (Fsp3) is 0.250. The van der Waals surface area contributed by atoms with Gasteiger partial charge in [0.15, 0.2) is 0 Å². The maximum atomic E-state index is 5.90. The van der Waals surface area contributed by atoms with E-state index in [0.717, 1.165) is 16.6 Å². The Morgan fingerprint density at radius 2 is 2.08 bits per heavy atom. The lowest BCUT2D eigenvalue weighted by molar-refractivity contribution is 0.814. The smallest absolute Gasteiger partial charge is 0.0566 e. The third kappa shape index (κ3) is 2.36. The molecule has 1 nitrogen and oxygen atoms in total. The monoisotopic (exact) mass is 267 g/mol. The van der Waals surface area contributed by atoms with Crippen molar-refractivity contribution in [3.8, 4) is 0 Å². The van der Waals surface area contributed by atoms with Crippen LogP contribution in [0.4, 0.5) is 0 Å². The van der Waals surface area contributed by atoms with Crippen LogP contribution >= 0.6 is 39.1 Å². The van der Waals surface area contributed by atoms with Crippen molar-refractivity contribution >= 4 is 39.1 Å². The number of hydrogen-bond donors (Lipinski definition) is 1. The molecule has 0 heterocycles. The average Bonchev–Trinajstić information content (AvgIpc) is 2.00. The molecule has 0 saturated carbocycles. The van der Waals surface area contributed by atoms with Gasteiger partial charge in [-0.3, -0.25) is 0 Å². The van der Waals surface area contributed by atoms with E-state index in [1.165, 1.54) is 0 Å². The van der Waals surface area contributed by atoms with Gasteiger partial charge in [-0.15, -0.1) is 0 Å². The predicted octanol–water partition coefficient (Wildman–Crippen LogP) is 3.48. The summed E-state index contributed by atoms with van der Waals surface area (Å²) in [5.74, 6) is 0. The summed E-state index contributed by atoms with van der Waals surface area (Å²) in [7, 11) is 1.88. The molecule has 0 aliphatic carbocycles. The van der Waals surface area contributed by atoms with Gasteiger partial charge in [0.25, 0.3) is 0 Å². The number of nitrogens with one attached hydrogen (secondary N) is 1. The highest BCUT2D eigenvalue weighted by molar-refractivity contribution is 9.10. The first-order valence-electron chi connectivity index (χ1n) is 3.43. The summed E-state index contributed by atoms with van der Waals surface area (Å²) >= 11 is 15.1. The maximum absolute atomic E-state index is 5.90. The Labute approximate surface area is 90.2 Å². The zero-order chi connectivity index (χ0) is 9.14. The summed E-state index contributed by atoms with van der Waals surface area (Å²) in [6.45, 7) is 0.751. The minimum absolute atomic E-state index is 0.646. The van der Waals surface area contributed by atoms with Crippen molar-refractivity contribution in [3.63, 3.8) is 0 Å². The van der Waals surface area contributed by atoms with E-state index in [9.17, 15) is 0 Å². The molecule has 0 fully saturated rings. The first kappa shape index (κ1) is 10.3. The Morgan fingerprint density at radius 1 is 1.42 bits per heavy atom. The number of hydrogen-bond acceptors (Lipinski definition) is 1. The molecule has 0 unspecified atom stereocenters. The third-order valence-electron chi connectivity index (χ3n) is 1.44. The molecule has 4 heteroatoms. The van der Waals surface area contributed by atoms with Crippen molar-refractivity contribution in [3.05, 3.63) is 32.2 Å². The molecule has 1 N–H and O–H groups in total. The van der Waals surface area contributed by atoms with Crippen molar-refractivity contribution in [1.82, 2.24) is 5.32 Å². The van der Waals surface area contributed by atoms with Gasteiger partial charge in [0.2, 0.25) is 0 Å². The lowest BCUT2D eigenvalue weighted by atomic mass is 10.2. The fourth-order valence-electron chi connectivity index (χ4n) is 0.928. The summed E-state index contributed by atoms with van der Waals surface area (Å²) in [6, 6.07) is 3.60. The Balaban J connectivity index is 3.09. The van der Waals surface area contributed by atoms with Gasteiger partial charge in [0.1, 0.15) is 0 Å². The molecule has 0 saturated heterocycles. The topological polar surface area (TPSA) is 12.0 Å². The Kier molecular flexibility index (Phi) is 3.84. The molecule has 0 bridgehead atoms. The van der Waals surface area contributed by atoms with Crippen LogP contribution in [0.1, 0.15) is 5.56 Å². The van der Waals surface area contributed by atoms with Gasteiger partial charge in [0, 0.05) is 16.0 Å². The maximum Gasteiger partial charge on any atom is 0.0566 e. The van der Waals surface area contributed by atoms with Gasteiger partial charge in [0.05, 0.1) is 5.02 Å². The van der Waals surface area contributed by atoms with Gasteiger partial charge in [-0.05, 0) is 40.7 Å². The molecule has 0 radical (unpaired) electrons. The molecule has 0 aromatic heterocycles. The first-order valence-corrected chi connectivity index (χ1v) is 4.98. The highest BCUT2D eigenvalue weighted by Crippen LogP contribution is 2.29. The quantitative estimate of drug-likeness (QED) is 0.810. The van der Waals surface area contributed by atoms with E-state index in [0.29, 0.717) is 10.0 Å². The molecule has 1 aromatic carbocycles. The number of halogens is 3. The molecule has 1 aromatic rings. The fourth-order valence-corrected chi connectivity index (χ4v) is 1.83. The lowest BCUT2D eigenvalue weighted by Crippen LogP contribution is -2.05. The molecule has 0 aliphatic heterocycles. The van der Waals surface area contributed by atoms with Crippen molar-refractivity contribution in [2.45, 2.75) is 6.54 Å².